The maximum atomic E-state index is 3.50. The lowest BCUT2D eigenvalue weighted by Crippen LogP contribution is -2.55. The van der Waals surface area contributed by atoms with E-state index >= 15 is 0 Å². The molecular formula is C17H35BN2. The maximum absolute atomic E-state index is 3.50. The fourth-order valence-corrected chi connectivity index (χ4v) is 4.11. The minimum absolute atomic E-state index is 0.447. The molecule has 1 heterocycles. The van der Waals surface area contributed by atoms with Gasteiger partial charge in [-0.25, -0.2) is 0 Å². The van der Waals surface area contributed by atoms with Crippen molar-refractivity contribution < 1.29 is 0 Å². The Hall–Kier alpha value is -0.0151. The SMILES string of the molecule is BC1(C(C)C)CCCCCC(C)(N2CCNCC2)CC1. The molecule has 0 aromatic rings. The van der Waals surface area contributed by atoms with Gasteiger partial charge in [-0.2, -0.15) is 0 Å². The van der Waals surface area contributed by atoms with Crippen LogP contribution in [0.3, 0.4) is 0 Å². The highest BCUT2D eigenvalue weighted by atomic mass is 15.2. The lowest BCUT2D eigenvalue weighted by Gasteiger charge is -2.46. The van der Waals surface area contributed by atoms with Gasteiger partial charge in [0.2, 0.25) is 0 Å². The molecule has 2 unspecified atom stereocenters. The van der Waals surface area contributed by atoms with E-state index in [2.05, 4.69) is 38.8 Å². The van der Waals surface area contributed by atoms with E-state index in [0.717, 1.165) is 5.92 Å². The fraction of sp³-hybridized carbons (Fsp3) is 1.00. The molecule has 0 aromatic heterocycles. The first kappa shape index (κ1) is 16.4. The maximum Gasteiger partial charge on any atom is 0.109 e. The monoisotopic (exact) mass is 278 g/mol. The van der Waals surface area contributed by atoms with Gasteiger partial charge in [0.25, 0.3) is 0 Å². The molecule has 2 fully saturated rings. The van der Waals surface area contributed by atoms with Crippen LogP contribution >= 0.6 is 0 Å². The van der Waals surface area contributed by atoms with Crippen molar-refractivity contribution in [1.29, 1.82) is 0 Å². The van der Waals surface area contributed by atoms with Gasteiger partial charge in [0.05, 0.1) is 0 Å². The molecule has 2 atom stereocenters. The van der Waals surface area contributed by atoms with Crippen LogP contribution in [-0.2, 0) is 0 Å². The van der Waals surface area contributed by atoms with E-state index in [0.29, 0.717) is 10.9 Å². The normalized spacial score (nSPS) is 38.2. The molecule has 3 heteroatoms. The molecule has 1 N–H and O–H groups in total. The quantitative estimate of drug-likeness (QED) is 0.781. The van der Waals surface area contributed by atoms with Crippen LogP contribution < -0.4 is 5.32 Å². The Labute approximate surface area is 127 Å². The van der Waals surface area contributed by atoms with Crippen molar-refractivity contribution in [1.82, 2.24) is 10.2 Å². The molecule has 1 aliphatic heterocycles. The predicted molar refractivity (Wildman–Crippen MR) is 91.2 cm³/mol. The van der Waals surface area contributed by atoms with Crippen LogP contribution in [0.2, 0.25) is 5.31 Å². The highest BCUT2D eigenvalue weighted by Gasteiger charge is 2.37. The first-order valence-corrected chi connectivity index (χ1v) is 8.92. The van der Waals surface area contributed by atoms with Gasteiger partial charge in [-0.3, -0.25) is 4.90 Å². The highest BCUT2D eigenvalue weighted by molar-refractivity contribution is 6.15. The molecule has 0 aromatic carbocycles. The number of nitrogens with one attached hydrogen (secondary N) is 1. The summed E-state index contributed by atoms with van der Waals surface area (Å²) >= 11 is 0. The summed E-state index contributed by atoms with van der Waals surface area (Å²) in [7, 11) is 2.54. The Balaban J connectivity index is 2.07. The van der Waals surface area contributed by atoms with Gasteiger partial charge < -0.3 is 5.32 Å². The molecule has 20 heavy (non-hydrogen) atoms. The molecule has 2 rings (SSSR count). The van der Waals surface area contributed by atoms with Crippen LogP contribution in [0.5, 0.6) is 0 Å². The summed E-state index contributed by atoms with van der Waals surface area (Å²) in [5.41, 5.74) is 0.447. The van der Waals surface area contributed by atoms with Crippen molar-refractivity contribution in [3.05, 3.63) is 0 Å². The first-order chi connectivity index (χ1) is 9.46. The average Bonchev–Trinajstić information content (AvgIpc) is 2.52. The molecule has 0 radical (unpaired) electrons. The molecule has 2 aliphatic rings. The van der Waals surface area contributed by atoms with E-state index in [1.54, 1.807) is 0 Å². The largest absolute Gasteiger partial charge is 0.314 e. The van der Waals surface area contributed by atoms with E-state index in [4.69, 9.17) is 0 Å². The molecule has 2 nitrogen and oxygen atoms in total. The third kappa shape index (κ3) is 3.79. The van der Waals surface area contributed by atoms with Crippen LogP contribution in [0.15, 0.2) is 0 Å². The van der Waals surface area contributed by atoms with Gasteiger partial charge in [-0.1, -0.05) is 51.3 Å². The van der Waals surface area contributed by atoms with E-state index in [9.17, 15) is 0 Å². The van der Waals surface area contributed by atoms with Crippen molar-refractivity contribution >= 4 is 7.85 Å². The number of rotatable bonds is 2. The molecule has 0 amide bonds. The second-order valence-corrected chi connectivity index (χ2v) is 8.10. The van der Waals surface area contributed by atoms with Crippen LogP contribution in [0, 0.1) is 5.92 Å². The third-order valence-electron chi connectivity index (χ3n) is 6.47. The molecule has 0 bridgehead atoms. The van der Waals surface area contributed by atoms with Gasteiger partial charge >= 0.3 is 0 Å². The molecule has 0 spiro atoms. The zero-order chi connectivity index (χ0) is 14.6. The Morgan fingerprint density at radius 1 is 0.950 bits per heavy atom. The van der Waals surface area contributed by atoms with Crippen LogP contribution in [0.25, 0.3) is 0 Å². The minimum Gasteiger partial charge on any atom is -0.314 e. The zero-order valence-corrected chi connectivity index (χ0v) is 14.3. The summed E-state index contributed by atoms with van der Waals surface area (Å²) in [5, 5.41) is 4.06. The van der Waals surface area contributed by atoms with E-state index in [1.807, 2.05) is 0 Å². The van der Waals surface area contributed by atoms with E-state index < -0.39 is 0 Å². The van der Waals surface area contributed by atoms with Gasteiger partial charge in [0.15, 0.2) is 0 Å². The standard InChI is InChI=1S/C17H35BN2/c1-15(2)17(18)8-6-4-5-7-16(3,9-10-17)20-13-11-19-12-14-20/h15,19H,4-14,18H2,1-3H3. The van der Waals surface area contributed by atoms with Gasteiger partial charge in [-0.05, 0) is 25.7 Å². The van der Waals surface area contributed by atoms with Crippen molar-refractivity contribution in [2.45, 2.75) is 76.6 Å². The molecule has 1 saturated carbocycles. The molecular weight excluding hydrogens is 243 g/mol. The average molecular weight is 278 g/mol. The van der Waals surface area contributed by atoms with Crippen molar-refractivity contribution in [2.24, 2.45) is 5.92 Å². The predicted octanol–water partition coefficient (Wildman–Crippen LogP) is 2.84. The summed E-state index contributed by atoms with van der Waals surface area (Å²) in [6.45, 7) is 12.3. The number of hydrogen-bond acceptors (Lipinski definition) is 2. The first-order valence-electron chi connectivity index (χ1n) is 8.92. The third-order valence-corrected chi connectivity index (χ3v) is 6.47. The summed E-state index contributed by atoms with van der Waals surface area (Å²) < 4.78 is 0. The second-order valence-electron chi connectivity index (χ2n) is 8.10. The molecule has 1 aliphatic carbocycles. The van der Waals surface area contributed by atoms with Gasteiger partial charge in [-0.15, -0.1) is 0 Å². The van der Waals surface area contributed by atoms with Crippen molar-refractivity contribution in [3.8, 4) is 0 Å². The fourth-order valence-electron chi connectivity index (χ4n) is 4.11. The van der Waals surface area contributed by atoms with Crippen LogP contribution in [-0.4, -0.2) is 44.5 Å². The van der Waals surface area contributed by atoms with Crippen molar-refractivity contribution in [3.63, 3.8) is 0 Å². The highest BCUT2D eigenvalue weighted by Crippen LogP contribution is 2.46. The smallest absolute Gasteiger partial charge is 0.109 e. The zero-order valence-electron chi connectivity index (χ0n) is 14.3. The Morgan fingerprint density at radius 3 is 2.25 bits per heavy atom. The number of nitrogens with zero attached hydrogens (tertiary/aromatic N) is 1. The Bertz CT molecular complexity index is 301. The lowest BCUT2D eigenvalue weighted by molar-refractivity contribution is 0.0651. The topological polar surface area (TPSA) is 15.3 Å². The van der Waals surface area contributed by atoms with E-state index in [-0.39, 0.29) is 0 Å². The molecule has 1 saturated heterocycles. The lowest BCUT2D eigenvalue weighted by atomic mass is 9.56. The minimum atomic E-state index is 0.447. The Kier molecular flexibility index (Phi) is 5.59. The van der Waals surface area contributed by atoms with Crippen LogP contribution in [0.1, 0.15) is 65.7 Å². The summed E-state index contributed by atoms with van der Waals surface area (Å²) in [5.74, 6) is 0.813. The number of hydrogen-bond donors (Lipinski definition) is 1. The number of piperazine rings is 1. The van der Waals surface area contributed by atoms with Gasteiger partial charge in [0, 0.05) is 31.7 Å². The Morgan fingerprint density at radius 2 is 1.60 bits per heavy atom. The van der Waals surface area contributed by atoms with Crippen molar-refractivity contribution in [2.75, 3.05) is 26.2 Å². The second kappa shape index (κ2) is 6.83. The summed E-state index contributed by atoms with van der Waals surface area (Å²) in [4.78, 5) is 2.79. The van der Waals surface area contributed by atoms with Gasteiger partial charge in [0.1, 0.15) is 7.85 Å². The molecule has 116 valence electrons. The van der Waals surface area contributed by atoms with Crippen LogP contribution in [0.4, 0.5) is 0 Å². The summed E-state index contributed by atoms with van der Waals surface area (Å²) in [6, 6.07) is 0. The van der Waals surface area contributed by atoms with E-state index in [1.165, 1.54) is 71.1 Å². The summed E-state index contributed by atoms with van der Waals surface area (Å²) in [6.07, 6.45) is 9.93.